The van der Waals surface area contributed by atoms with E-state index in [-0.39, 0.29) is 17.9 Å². The molecule has 0 radical (unpaired) electrons. The lowest BCUT2D eigenvalue weighted by Crippen LogP contribution is -2.08. The summed E-state index contributed by atoms with van der Waals surface area (Å²) in [6.45, 7) is 8.92. The zero-order valence-corrected chi connectivity index (χ0v) is 14.2. The Labute approximate surface area is 150 Å². The number of ether oxygens (including phenoxy) is 1. The molecule has 0 saturated heterocycles. The van der Waals surface area contributed by atoms with Gasteiger partial charge in [0.15, 0.2) is 0 Å². The van der Waals surface area contributed by atoms with E-state index in [4.69, 9.17) is 15.7 Å². The molecule has 1 aliphatic carbocycles. The molecule has 0 amide bonds. The minimum Gasteiger partial charge on any atom is -0.471 e. The molecule has 0 fully saturated rings. The van der Waals surface area contributed by atoms with E-state index in [0.29, 0.717) is 11.0 Å². The number of benzene rings is 1. The first kappa shape index (κ1) is 17.3. The summed E-state index contributed by atoms with van der Waals surface area (Å²) in [5.74, 6) is 5.24. The number of allylic oxidation sites excluding steroid dienone is 2. The van der Waals surface area contributed by atoms with Gasteiger partial charge in [0.05, 0.1) is 18.7 Å². The number of carbonyl (C=O) groups excluding carboxylic acids is 1. The Hall–Kier alpha value is -3.57. The summed E-state index contributed by atoms with van der Waals surface area (Å²) in [4.78, 5) is 27.1. The fourth-order valence-corrected chi connectivity index (χ4v) is 2.64. The lowest BCUT2D eigenvalue weighted by Gasteiger charge is -2.07. The van der Waals surface area contributed by atoms with Crippen molar-refractivity contribution in [3.05, 3.63) is 74.6 Å². The second-order valence-electron chi connectivity index (χ2n) is 5.61. The lowest BCUT2D eigenvalue weighted by molar-refractivity contribution is -0.138. The summed E-state index contributed by atoms with van der Waals surface area (Å²) in [5.41, 5.74) is 1.57. The van der Waals surface area contributed by atoms with E-state index in [1.165, 1.54) is 6.08 Å². The minimum absolute atomic E-state index is 0.133. The summed E-state index contributed by atoms with van der Waals surface area (Å²) in [7, 11) is 0. The third-order valence-corrected chi connectivity index (χ3v) is 3.87. The maximum atomic E-state index is 12.2. The van der Waals surface area contributed by atoms with Crippen LogP contribution in [0, 0.1) is 18.4 Å². The standard InChI is InChI=1S/C21H15NO4/c1-3-25-21(24)18(22-2)12-17-11-16-10-14-8-6-4-5-7-9-15(14)13-19(16)26-20(17)23/h4-5,10-13H,3,6,8H2,1H3/b5-4-,18-12?. The average Bonchev–Trinajstić information content (AvgIpc) is 2.60. The van der Waals surface area contributed by atoms with Crippen molar-refractivity contribution in [2.24, 2.45) is 0 Å². The van der Waals surface area contributed by atoms with Crippen LogP contribution in [-0.4, -0.2) is 12.6 Å². The summed E-state index contributed by atoms with van der Waals surface area (Å²) in [5, 5.41) is 0.717. The van der Waals surface area contributed by atoms with Gasteiger partial charge in [-0.1, -0.05) is 17.9 Å². The van der Waals surface area contributed by atoms with Gasteiger partial charge in [0.1, 0.15) is 5.58 Å². The number of carbonyl (C=O) groups is 1. The maximum Gasteiger partial charge on any atom is 0.342 e. The first-order valence-corrected chi connectivity index (χ1v) is 8.16. The summed E-state index contributed by atoms with van der Waals surface area (Å²) < 4.78 is 10.2. The van der Waals surface area contributed by atoms with Gasteiger partial charge < -0.3 is 9.15 Å². The van der Waals surface area contributed by atoms with E-state index < -0.39 is 11.6 Å². The van der Waals surface area contributed by atoms with E-state index in [9.17, 15) is 9.59 Å². The van der Waals surface area contributed by atoms with E-state index in [0.717, 1.165) is 24.0 Å². The van der Waals surface area contributed by atoms with Gasteiger partial charge in [-0.25, -0.2) is 9.64 Å². The molecule has 128 valence electrons. The maximum absolute atomic E-state index is 12.2. The first-order chi connectivity index (χ1) is 12.6. The van der Waals surface area contributed by atoms with Crippen LogP contribution < -0.4 is 5.63 Å². The molecule has 3 rings (SSSR count). The quantitative estimate of drug-likeness (QED) is 0.281. The predicted molar refractivity (Wildman–Crippen MR) is 98.0 cm³/mol. The molecule has 0 unspecified atom stereocenters. The first-order valence-electron chi connectivity index (χ1n) is 8.16. The Bertz CT molecular complexity index is 1100. The molecule has 5 heteroatoms. The average molecular weight is 345 g/mol. The Morgan fingerprint density at radius 2 is 2.27 bits per heavy atom. The molecule has 5 nitrogen and oxygen atoms in total. The zero-order chi connectivity index (χ0) is 18.5. The van der Waals surface area contributed by atoms with E-state index >= 15 is 0 Å². The number of hydrogen-bond acceptors (Lipinski definition) is 4. The lowest BCUT2D eigenvalue weighted by atomic mass is 9.98. The van der Waals surface area contributed by atoms with E-state index in [1.807, 2.05) is 18.2 Å². The largest absolute Gasteiger partial charge is 0.471 e. The van der Waals surface area contributed by atoms with Gasteiger partial charge in [-0.2, -0.15) is 0 Å². The second-order valence-corrected chi connectivity index (χ2v) is 5.61. The van der Waals surface area contributed by atoms with Gasteiger partial charge in [0.2, 0.25) is 0 Å². The molecule has 1 aromatic carbocycles. The van der Waals surface area contributed by atoms with Crippen molar-refractivity contribution in [2.75, 3.05) is 6.61 Å². The van der Waals surface area contributed by atoms with Crippen LogP contribution in [0.1, 0.15) is 30.0 Å². The summed E-state index contributed by atoms with van der Waals surface area (Å²) in [6, 6.07) is 5.31. The number of nitrogens with zero attached hydrogens (tertiary/aromatic N) is 1. The molecular weight excluding hydrogens is 330 g/mol. The highest BCUT2D eigenvalue weighted by Gasteiger charge is 2.14. The molecular formula is C21H15NO4. The van der Waals surface area contributed by atoms with Crippen molar-refractivity contribution in [3.8, 4) is 11.8 Å². The Morgan fingerprint density at radius 3 is 3.04 bits per heavy atom. The molecule has 0 saturated carbocycles. The van der Waals surface area contributed by atoms with Crippen LogP contribution in [0.3, 0.4) is 0 Å². The summed E-state index contributed by atoms with van der Waals surface area (Å²) in [6.07, 6.45) is 6.74. The van der Waals surface area contributed by atoms with Crippen molar-refractivity contribution >= 4 is 23.0 Å². The number of fused-ring (bicyclic) bond motifs is 2. The van der Waals surface area contributed by atoms with Crippen molar-refractivity contribution in [1.82, 2.24) is 0 Å². The highest BCUT2D eigenvalue weighted by molar-refractivity contribution is 5.96. The van der Waals surface area contributed by atoms with Gasteiger partial charge >= 0.3 is 11.6 Å². The number of rotatable bonds is 3. The molecule has 2 aromatic rings. The Kier molecular flexibility index (Phi) is 5.01. The number of aryl methyl sites for hydroxylation is 1. The van der Waals surface area contributed by atoms with Crippen molar-refractivity contribution in [1.29, 1.82) is 0 Å². The Balaban J connectivity index is 2.12. The molecule has 1 aromatic heterocycles. The SMILES string of the molecule is [C-]#[N+]C(=Cc1cc2cc3c(cc2oc1=O)C#C/C=C\CC3)C(=O)OCC. The van der Waals surface area contributed by atoms with Crippen molar-refractivity contribution in [3.63, 3.8) is 0 Å². The van der Waals surface area contributed by atoms with Gasteiger partial charge in [-0.15, -0.1) is 0 Å². The third-order valence-electron chi connectivity index (χ3n) is 3.87. The van der Waals surface area contributed by atoms with Crippen molar-refractivity contribution in [2.45, 2.75) is 19.8 Å². The molecule has 0 aliphatic heterocycles. The highest BCUT2D eigenvalue weighted by atomic mass is 16.5. The molecule has 0 atom stereocenters. The Morgan fingerprint density at radius 1 is 1.42 bits per heavy atom. The zero-order valence-electron chi connectivity index (χ0n) is 14.2. The van der Waals surface area contributed by atoms with Crippen LogP contribution in [0.15, 0.2) is 45.3 Å². The molecule has 0 N–H and O–H groups in total. The molecule has 1 aliphatic rings. The summed E-state index contributed by atoms with van der Waals surface area (Å²) >= 11 is 0. The minimum atomic E-state index is -0.762. The van der Waals surface area contributed by atoms with Crippen LogP contribution in [0.5, 0.6) is 0 Å². The highest BCUT2D eigenvalue weighted by Crippen LogP contribution is 2.22. The van der Waals surface area contributed by atoms with Crippen molar-refractivity contribution < 1.29 is 13.9 Å². The smallest absolute Gasteiger partial charge is 0.342 e. The van der Waals surface area contributed by atoms with Crippen LogP contribution in [-0.2, 0) is 16.0 Å². The van der Waals surface area contributed by atoms with Crippen LogP contribution in [0.25, 0.3) is 21.9 Å². The van der Waals surface area contributed by atoms with E-state index in [2.05, 4.69) is 16.7 Å². The van der Waals surface area contributed by atoms with Gasteiger partial charge in [0, 0.05) is 10.9 Å². The number of esters is 1. The van der Waals surface area contributed by atoms with Crippen LogP contribution in [0.4, 0.5) is 0 Å². The normalized spacial score (nSPS) is 14.2. The monoisotopic (exact) mass is 345 g/mol. The fraction of sp³-hybridized carbons (Fsp3) is 0.190. The molecule has 26 heavy (non-hydrogen) atoms. The number of hydrogen-bond donors (Lipinski definition) is 0. The third kappa shape index (κ3) is 3.58. The van der Waals surface area contributed by atoms with Crippen LogP contribution >= 0.6 is 0 Å². The predicted octanol–water partition coefficient (Wildman–Crippen LogP) is 3.47. The topological polar surface area (TPSA) is 60.9 Å². The molecule has 0 bridgehead atoms. The van der Waals surface area contributed by atoms with Gasteiger partial charge in [0.25, 0.3) is 5.70 Å². The molecule has 1 heterocycles. The van der Waals surface area contributed by atoms with Gasteiger partial charge in [-0.3, -0.25) is 4.79 Å². The van der Waals surface area contributed by atoms with E-state index in [1.54, 1.807) is 19.1 Å². The fourth-order valence-electron chi connectivity index (χ4n) is 2.64. The van der Waals surface area contributed by atoms with Crippen LogP contribution in [0.2, 0.25) is 0 Å². The second kappa shape index (κ2) is 7.55. The van der Waals surface area contributed by atoms with Gasteiger partial charge in [-0.05, 0) is 55.7 Å². The molecule has 0 spiro atoms.